The Hall–Kier alpha value is -0.650. The molecule has 104 valence electrons. The largest absolute Gasteiger partial charge is 0.394 e. The van der Waals surface area contributed by atoms with Crippen LogP contribution in [0.1, 0.15) is 44.9 Å². The minimum Gasteiger partial charge on any atom is -0.394 e. The molecule has 0 atom stereocenters. The summed E-state index contributed by atoms with van der Waals surface area (Å²) in [5.74, 6) is -0.0321. The number of ether oxygens (including phenoxy) is 1. The molecule has 0 unspecified atom stereocenters. The van der Waals surface area contributed by atoms with Crippen LogP contribution in [0.2, 0.25) is 0 Å². The van der Waals surface area contributed by atoms with Crippen molar-refractivity contribution in [3.63, 3.8) is 0 Å². The van der Waals surface area contributed by atoms with Gasteiger partial charge in [0.25, 0.3) is 0 Å². The Morgan fingerprint density at radius 3 is 2.39 bits per heavy atom. The SMILES string of the molecule is NC1(CC(=O)NC2(CO)CCOCC2)CCCC1. The van der Waals surface area contributed by atoms with Gasteiger partial charge in [-0.2, -0.15) is 0 Å². The average Bonchev–Trinajstić information content (AvgIpc) is 2.76. The fourth-order valence-corrected chi connectivity index (χ4v) is 3.00. The molecule has 1 amide bonds. The lowest BCUT2D eigenvalue weighted by Crippen LogP contribution is -2.56. The highest BCUT2D eigenvalue weighted by molar-refractivity contribution is 5.78. The minimum absolute atomic E-state index is 0.0281. The molecule has 0 aromatic carbocycles. The molecule has 18 heavy (non-hydrogen) atoms. The zero-order chi connectivity index (χ0) is 13.1. The molecule has 1 aliphatic heterocycles. The Morgan fingerprint density at radius 2 is 1.83 bits per heavy atom. The van der Waals surface area contributed by atoms with E-state index in [0.717, 1.165) is 25.7 Å². The molecule has 0 aromatic heterocycles. The van der Waals surface area contributed by atoms with Crippen LogP contribution >= 0.6 is 0 Å². The summed E-state index contributed by atoms with van der Waals surface area (Å²) >= 11 is 0. The van der Waals surface area contributed by atoms with Gasteiger partial charge in [0.1, 0.15) is 0 Å². The van der Waals surface area contributed by atoms with Crippen molar-refractivity contribution in [2.75, 3.05) is 19.8 Å². The Bertz CT molecular complexity index is 295. The normalized spacial score (nSPS) is 25.9. The van der Waals surface area contributed by atoms with Gasteiger partial charge in [0.15, 0.2) is 0 Å². The van der Waals surface area contributed by atoms with E-state index in [0.29, 0.717) is 32.5 Å². The van der Waals surface area contributed by atoms with Gasteiger partial charge in [0.2, 0.25) is 5.91 Å². The summed E-state index contributed by atoms with van der Waals surface area (Å²) in [6, 6.07) is 0. The summed E-state index contributed by atoms with van der Waals surface area (Å²) < 4.78 is 5.27. The highest BCUT2D eigenvalue weighted by Gasteiger charge is 2.37. The smallest absolute Gasteiger partial charge is 0.222 e. The summed E-state index contributed by atoms with van der Waals surface area (Å²) in [5.41, 5.74) is 5.38. The number of aliphatic hydroxyl groups is 1. The van der Waals surface area contributed by atoms with Gasteiger partial charge in [-0.1, -0.05) is 12.8 Å². The van der Waals surface area contributed by atoms with E-state index in [2.05, 4.69) is 5.32 Å². The molecule has 4 N–H and O–H groups in total. The second-order valence-electron chi connectivity index (χ2n) is 5.85. The fraction of sp³-hybridized carbons (Fsp3) is 0.923. The van der Waals surface area contributed by atoms with Crippen LogP contribution < -0.4 is 11.1 Å². The van der Waals surface area contributed by atoms with Gasteiger partial charge in [-0.15, -0.1) is 0 Å². The van der Waals surface area contributed by atoms with Crippen LogP contribution in [-0.2, 0) is 9.53 Å². The number of carbonyl (C=O) groups excluding carboxylic acids is 1. The molecule has 0 radical (unpaired) electrons. The van der Waals surface area contributed by atoms with Gasteiger partial charge >= 0.3 is 0 Å². The van der Waals surface area contributed by atoms with Crippen LogP contribution in [0.3, 0.4) is 0 Å². The lowest BCUT2D eigenvalue weighted by Gasteiger charge is -2.37. The maximum atomic E-state index is 12.1. The van der Waals surface area contributed by atoms with Gasteiger partial charge in [-0.3, -0.25) is 4.79 Å². The van der Waals surface area contributed by atoms with Gasteiger partial charge < -0.3 is 20.9 Å². The number of hydrogen-bond acceptors (Lipinski definition) is 4. The van der Waals surface area contributed by atoms with Crippen LogP contribution in [0.5, 0.6) is 0 Å². The molecule has 2 rings (SSSR count). The monoisotopic (exact) mass is 256 g/mol. The molecule has 5 nitrogen and oxygen atoms in total. The molecular weight excluding hydrogens is 232 g/mol. The average molecular weight is 256 g/mol. The first-order valence-electron chi connectivity index (χ1n) is 6.86. The predicted molar refractivity (Wildman–Crippen MR) is 68.0 cm³/mol. The molecule has 2 fully saturated rings. The third-order valence-corrected chi connectivity index (χ3v) is 4.27. The Labute approximate surface area is 108 Å². The molecule has 0 spiro atoms. The lowest BCUT2D eigenvalue weighted by atomic mass is 9.89. The van der Waals surface area contributed by atoms with E-state index in [9.17, 15) is 9.90 Å². The zero-order valence-electron chi connectivity index (χ0n) is 10.9. The second-order valence-corrected chi connectivity index (χ2v) is 5.85. The van der Waals surface area contributed by atoms with Crippen LogP contribution in [0, 0.1) is 0 Å². The fourth-order valence-electron chi connectivity index (χ4n) is 3.00. The van der Waals surface area contributed by atoms with Gasteiger partial charge in [0, 0.05) is 25.2 Å². The Morgan fingerprint density at radius 1 is 1.22 bits per heavy atom. The lowest BCUT2D eigenvalue weighted by molar-refractivity contribution is -0.126. The van der Waals surface area contributed by atoms with Crippen LogP contribution in [0.4, 0.5) is 0 Å². The zero-order valence-corrected chi connectivity index (χ0v) is 10.9. The minimum atomic E-state index is -0.496. The number of rotatable bonds is 4. The molecule has 1 saturated carbocycles. The van der Waals surface area contributed by atoms with E-state index in [4.69, 9.17) is 10.5 Å². The van der Waals surface area contributed by atoms with Crippen LogP contribution in [0.15, 0.2) is 0 Å². The molecule has 1 saturated heterocycles. The third kappa shape index (κ3) is 3.22. The van der Waals surface area contributed by atoms with Crippen molar-refractivity contribution >= 4 is 5.91 Å². The topological polar surface area (TPSA) is 84.6 Å². The molecule has 0 aromatic rings. The molecule has 1 heterocycles. The number of hydrogen-bond donors (Lipinski definition) is 3. The van der Waals surface area contributed by atoms with Gasteiger partial charge in [0.05, 0.1) is 12.1 Å². The van der Waals surface area contributed by atoms with Crippen molar-refractivity contribution in [2.24, 2.45) is 5.73 Å². The van der Waals surface area contributed by atoms with Crippen molar-refractivity contribution < 1.29 is 14.6 Å². The van der Waals surface area contributed by atoms with Crippen molar-refractivity contribution in [3.05, 3.63) is 0 Å². The maximum absolute atomic E-state index is 12.1. The van der Waals surface area contributed by atoms with E-state index in [1.165, 1.54) is 0 Å². The number of aliphatic hydroxyl groups excluding tert-OH is 1. The summed E-state index contributed by atoms with van der Waals surface area (Å²) in [5, 5.41) is 12.5. The molecular formula is C13H24N2O3. The standard InChI is InChI=1S/C13H24N2O3/c14-12(3-1-2-4-12)9-11(17)15-13(10-16)5-7-18-8-6-13/h16H,1-10,14H2,(H,15,17). The van der Waals surface area contributed by atoms with Crippen LogP contribution in [-0.4, -0.2) is 41.9 Å². The van der Waals surface area contributed by atoms with E-state index in [-0.39, 0.29) is 18.1 Å². The highest BCUT2D eigenvalue weighted by Crippen LogP contribution is 2.30. The maximum Gasteiger partial charge on any atom is 0.222 e. The van der Waals surface area contributed by atoms with E-state index in [1.54, 1.807) is 0 Å². The third-order valence-electron chi connectivity index (χ3n) is 4.27. The molecule has 2 aliphatic rings. The summed E-state index contributed by atoms with van der Waals surface area (Å²) in [6.45, 7) is 1.16. The van der Waals surface area contributed by atoms with Crippen molar-refractivity contribution in [1.29, 1.82) is 0 Å². The number of amides is 1. The quantitative estimate of drug-likeness (QED) is 0.675. The number of nitrogens with one attached hydrogen (secondary N) is 1. The van der Waals surface area contributed by atoms with Gasteiger partial charge in [-0.05, 0) is 25.7 Å². The van der Waals surface area contributed by atoms with Crippen LogP contribution in [0.25, 0.3) is 0 Å². The number of nitrogens with two attached hydrogens (primary N) is 1. The van der Waals surface area contributed by atoms with E-state index in [1.807, 2.05) is 0 Å². The summed E-state index contributed by atoms with van der Waals surface area (Å²) in [4.78, 5) is 12.1. The van der Waals surface area contributed by atoms with Gasteiger partial charge in [-0.25, -0.2) is 0 Å². The van der Waals surface area contributed by atoms with E-state index >= 15 is 0 Å². The first-order chi connectivity index (χ1) is 8.58. The summed E-state index contributed by atoms with van der Waals surface area (Å²) in [6.07, 6.45) is 5.80. The molecule has 5 heteroatoms. The number of carbonyl (C=O) groups is 1. The van der Waals surface area contributed by atoms with Crippen molar-refractivity contribution in [3.8, 4) is 0 Å². The predicted octanol–water partition coefficient (Wildman–Crippen LogP) is 0.306. The van der Waals surface area contributed by atoms with E-state index < -0.39 is 5.54 Å². The first kappa shape index (κ1) is 13.8. The molecule has 1 aliphatic carbocycles. The Kier molecular flexibility index (Phi) is 4.25. The highest BCUT2D eigenvalue weighted by atomic mass is 16.5. The first-order valence-corrected chi connectivity index (χ1v) is 6.86. The van der Waals surface area contributed by atoms with Crippen molar-refractivity contribution in [2.45, 2.75) is 56.0 Å². The summed E-state index contributed by atoms with van der Waals surface area (Å²) in [7, 11) is 0. The Balaban J connectivity index is 1.89. The second kappa shape index (κ2) is 5.55. The molecule has 0 bridgehead atoms. The van der Waals surface area contributed by atoms with Crippen molar-refractivity contribution in [1.82, 2.24) is 5.32 Å².